The number of aromatic nitrogens is 1. The Hall–Kier alpha value is -0.706. The molecule has 3 amide bonds. The molecule has 1 aromatic heterocycles. The molecule has 3 atom stereocenters. The molecule has 0 aromatic carbocycles. The molecule has 0 aliphatic carbocycles. The van der Waals surface area contributed by atoms with Crippen molar-refractivity contribution in [2.75, 3.05) is 11.6 Å². The molecular weight excluding hydrogens is 441 g/mol. The van der Waals surface area contributed by atoms with Crippen molar-refractivity contribution < 1.29 is 51.8 Å². The van der Waals surface area contributed by atoms with Gasteiger partial charge in [0.2, 0.25) is 11.8 Å². The van der Waals surface area contributed by atoms with Crippen LogP contribution >= 0.6 is 23.1 Å². The molecule has 2 N–H and O–H groups in total. The van der Waals surface area contributed by atoms with Gasteiger partial charge >= 0.3 is 38.8 Å². The summed E-state index contributed by atoms with van der Waals surface area (Å²) in [6.07, 6.45) is -0.908. The zero-order valence-electron chi connectivity index (χ0n) is 13.5. The quantitative estimate of drug-likeness (QED) is 0.619. The molecule has 2 saturated heterocycles. The largest absolute Gasteiger partial charge is 3.00 e. The van der Waals surface area contributed by atoms with E-state index < -0.39 is 30.2 Å². The van der Waals surface area contributed by atoms with Gasteiger partial charge in [0, 0.05) is 17.7 Å². The van der Waals surface area contributed by atoms with Gasteiger partial charge in [0.25, 0.3) is 0 Å². The molecule has 1 aromatic rings. The van der Waals surface area contributed by atoms with Crippen molar-refractivity contribution in [3.05, 3.63) is 23.1 Å². The van der Waals surface area contributed by atoms with E-state index in [1.54, 1.807) is 29.1 Å². The summed E-state index contributed by atoms with van der Waals surface area (Å²) < 4.78 is 4.92. The fourth-order valence-corrected chi connectivity index (χ4v) is 3.89. The van der Waals surface area contributed by atoms with Gasteiger partial charge in [0.15, 0.2) is 0 Å². The van der Waals surface area contributed by atoms with Gasteiger partial charge < -0.3 is 20.3 Å². The molecule has 3 heterocycles. The summed E-state index contributed by atoms with van der Waals surface area (Å²) in [5.41, 5.74) is 2.43. The van der Waals surface area contributed by atoms with Crippen LogP contribution in [0.25, 0.3) is 0 Å². The number of amides is 3. The van der Waals surface area contributed by atoms with Crippen LogP contribution in [-0.2, 0) is 53.5 Å². The first-order valence-corrected chi connectivity index (χ1v) is 9.50. The zero-order chi connectivity index (χ0) is 17.1. The first kappa shape index (κ1) is 20.6. The Morgan fingerprint density at radius 2 is 2.40 bits per heavy atom. The number of nitrogens with one attached hydrogen (secondary N) is 2. The molecule has 0 radical (unpaired) electrons. The van der Waals surface area contributed by atoms with E-state index in [1.165, 1.54) is 11.3 Å². The van der Waals surface area contributed by atoms with Crippen LogP contribution < -0.4 is 10.6 Å². The number of carbonyl (C=O) groups is 3. The van der Waals surface area contributed by atoms with Gasteiger partial charge in [-0.05, 0) is 6.92 Å². The standard InChI is InChI=1S/C14H17N4O4S2.Y/c1-8-11(17-14(21)22-8)12(19)16-10(4-9-5-24-6-15-9)13(20)18-2-3-23-7-18;/h2,5-6,8,10-11H,3-4,7H2,1H3,(H,16,19)(H,17,21);/q-1;+3. The molecule has 3 unspecified atom stereocenters. The van der Waals surface area contributed by atoms with Crippen LogP contribution in [0.15, 0.2) is 10.9 Å². The summed E-state index contributed by atoms with van der Waals surface area (Å²) in [6.45, 7) is 3.45. The minimum absolute atomic E-state index is 0. The number of thioether (sulfide) groups is 1. The number of cyclic esters (lactones) is 1. The minimum atomic E-state index is -0.805. The third-order valence-electron chi connectivity index (χ3n) is 3.76. The van der Waals surface area contributed by atoms with E-state index in [1.807, 2.05) is 11.9 Å². The summed E-state index contributed by atoms with van der Waals surface area (Å²) in [6, 6.07) is -1.54. The number of alkyl carbamates (subject to hydrolysis) is 1. The second kappa shape index (κ2) is 9.29. The summed E-state index contributed by atoms with van der Waals surface area (Å²) in [5.74, 6) is 0.724. The fraction of sp³-hybridized carbons (Fsp3) is 0.500. The number of rotatable bonds is 5. The van der Waals surface area contributed by atoms with Crippen LogP contribution in [0.5, 0.6) is 0 Å². The number of nitrogens with zero attached hydrogens (tertiary/aromatic N) is 2. The van der Waals surface area contributed by atoms with Crippen molar-refractivity contribution in [1.82, 2.24) is 20.5 Å². The summed E-state index contributed by atoms with van der Waals surface area (Å²) in [7, 11) is 0. The normalized spacial score (nSPS) is 23.4. The Balaban J connectivity index is 0.00000225. The molecule has 130 valence electrons. The van der Waals surface area contributed by atoms with Crippen LogP contribution in [0.4, 0.5) is 4.79 Å². The van der Waals surface area contributed by atoms with Gasteiger partial charge in [-0.15, -0.1) is 17.1 Å². The van der Waals surface area contributed by atoms with Crippen LogP contribution in [0.1, 0.15) is 12.6 Å². The number of hydrogen-bond acceptors (Lipinski definition) is 7. The van der Waals surface area contributed by atoms with Crippen LogP contribution in [0.3, 0.4) is 0 Å². The van der Waals surface area contributed by atoms with Crippen LogP contribution in [0.2, 0.25) is 0 Å². The number of hydrogen-bond donors (Lipinski definition) is 2. The van der Waals surface area contributed by atoms with E-state index in [2.05, 4.69) is 15.6 Å². The molecule has 3 rings (SSSR count). The van der Waals surface area contributed by atoms with Crippen molar-refractivity contribution in [3.8, 4) is 0 Å². The number of ether oxygens (including phenoxy) is 1. The van der Waals surface area contributed by atoms with Crippen molar-refractivity contribution >= 4 is 41.0 Å². The van der Waals surface area contributed by atoms with Crippen LogP contribution in [0, 0.1) is 6.54 Å². The van der Waals surface area contributed by atoms with Gasteiger partial charge in [0.05, 0.1) is 11.2 Å². The van der Waals surface area contributed by atoms with E-state index >= 15 is 0 Å². The maximum Gasteiger partial charge on any atom is 3.00 e. The molecule has 0 spiro atoms. The van der Waals surface area contributed by atoms with Gasteiger partial charge in [-0.2, -0.15) is 11.8 Å². The molecule has 2 aliphatic heterocycles. The Bertz CT molecular complexity index is 624. The molecule has 25 heavy (non-hydrogen) atoms. The Labute approximate surface area is 178 Å². The smallest absolute Gasteiger partial charge is 0.482 e. The predicted octanol–water partition coefficient (Wildman–Crippen LogP) is 0.359. The maximum atomic E-state index is 12.7. The summed E-state index contributed by atoms with van der Waals surface area (Å²) >= 11 is 3.06. The molecule has 0 saturated carbocycles. The first-order valence-electron chi connectivity index (χ1n) is 7.40. The molecule has 8 nitrogen and oxygen atoms in total. The Morgan fingerprint density at radius 1 is 1.60 bits per heavy atom. The third kappa shape index (κ3) is 5.15. The van der Waals surface area contributed by atoms with Crippen LogP contribution in [-0.4, -0.2) is 57.6 Å². The summed E-state index contributed by atoms with van der Waals surface area (Å²) in [5, 5.41) is 7.03. The van der Waals surface area contributed by atoms with E-state index in [9.17, 15) is 14.4 Å². The molecule has 2 fully saturated rings. The van der Waals surface area contributed by atoms with E-state index in [0.717, 1.165) is 11.4 Å². The molecule has 0 bridgehead atoms. The van der Waals surface area contributed by atoms with E-state index in [4.69, 9.17) is 4.74 Å². The average molecular weight is 458 g/mol. The van der Waals surface area contributed by atoms with Gasteiger partial charge in [-0.3, -0.25) is 9.59 Å². The average Bonchev–Trinajstić information content (AvgIpc) is 3.27. The third-order valence-corrected chi connectivity index (χ3v) is 5.24. The SMILES string of the molecule is CC1OC(=O)NC1C(=O)NC(Cc1cscn1)C(=O)N1[CH-]CSC1.[Y+3]. The topological polar surface area (TPSA) is 101 Å². The van der Waals surface area contributed by atoms with Gasteiger partial charge in [0.1, 0.15) is 18.2 Å². The van der Waals surface area contributed by atoms with Gasteiger partial charge in [-0.1, -0.05) is 0 Å². The van der Waals surface area contributed by atoms with Crippen molar-refractivity contribution in [2.45, 2.75) is 31.5 Å². The van der Waals surface area contributed by atoms with E-state index in [-0.39, 0.29) is 38.6 Å². The fourth-order valence-electron chi connectivity index (χ4n) is 2.50. The number of carbonyl (C=O) groups excluding carboxylic acids is 3. The van der Waals surface area contributed by atoms with Crippen molar-refractivity contribution in [1.29, 1.82) is 0 Å². The van der Waals surface area contributed by atoms with Crippen molar-refractivity contribution in [2.24, 2.45) is 0 Å². The Morgan fingerprint density at radius 3 is 2.96 bits per heavy atom. The monoisotopic (exact) mass is 458 g/mol. The molecule has 2 aliphatic rings. The van der Waals surface area contributed by atoms with E-state index in [0.29, 0.717) is 12.3 Å². The second-order valence-corrected chi connectivity index (χ2v) is 7.19. The van der Waals surface area contributed by atoms with Gasteiger partial charge in [-0.25, -0.2) is 16.3 Å². The number of thiazole rings is 1. The second-order valence-electron chi connectivity index (χ2n) is 5.47. The zero-order valence-corrected chi connectivity index (χ0v) is 18.0. The molecular formula is C14H17N4O4S2Y+2. The van der Waals surface area contributed by atoms with Crippen molar-refractivity contribution in [3.63, 3.8) is 0 Å². The minimum Gasteiger partial charge on any atom is -0.482 e. The predicted molar refractivity (Wildman–Crippen MR) is 89.1 cm³/mol. The summed E-state index contributed by atoms with van der Waals surface area (Å²) in [4.78, 5) is 42.2. The maximum absolute atomic E-state index is 12.7. The molecule has 11 heteroatoms. The first-order chi connectivity index (χ1) is 11.5. The Kier molecular flexibility index (Phi) is 7.66.